The van der Waals surface area contributed by atoms with Crippen molar-refractivity contribution in [1.82, 2.24) is 9.97 Å². The number of nitrogens with zero attached hydrogens (tertiary/aromatic N) is 2. The minimum Gasteiger partial charge on any atom is -0.382 e. The lowest BCUT2D eigenvalue weighted by Crippen LogP contribution is -2.14. The van der Waals surface area contributed by atoms with E-state index in [2.05, 4.69) is 41.8 Å². The molecule has 0 saturated heterocycles. The van der Waals surface area contributed by atoms with Crippen molar-refractivity contribution in [3.63, 3.8) is 0 Å². The van der Waals surface area contributed by atoms with Crippen LogP contribution in [-0.2, 0) is 0 Å². The van der Waals surface area contributed by atoms with Crippen LogP contribution < -0.4 is 5.73 Å². The smallest absolute Gasteiger partial charge is 0.141 e. The van der Waals surface area contributed by atoms with Gasteiger partial charge in [0.2, 0.25) is 0 Å². The molecule has 1 heterocycles. The van der Waals surface area contributed by atoms with Crippen LogP contribution in [0, 0.1) is 10.8 Å². The van der Waals surface area contributed by atoms with Crippen LogP contribution in [0.5, 0.6) is 0 Å². The summed E-state index contributed by atoms with van der Waals surface area (Å²) in [6, 6.07) is 0. The second-order valence-corrected chi connectivity index (χ2v) is 4.62. The first-order valence-corrected chi connectivity index (χ1v) is 7.03. The Morgan fingerprint density at radius 2 is 1.47 bits per heavy atom. The summed E-state index contributed by atoms with van der Waals surface area (Å²) in [5, 5.41) is 14.6. The maximum atomic E-state index is 7.32. The number of anilines is 1. The Morgan fingerprint density at radius 1 is 1.00 bits per heavy atom. The van der Waals surface area contributed by atoms with E-state index < -0.39 is 0 Å². The number of nitrogens with one attached hydrogen (secondary N) is 2. The number of allylic oxidation sites excluding steroid dienone is 4. The Kier molecular flexibility index (Phi) is 8.90. The molecule has 0 amide bonds. The fraction of sp³-hybridized carbons (Fsp3) is 0.167. The van der Waals surface area contributed by atoms with Crippen LogP contribution in [0.2, 0.25) is 0 Å². The van der Waals surface area contributed by atoms with Gasteiger partial charge in [0.15, 0.2) is 0 Å². The van der Waals surface area contributed by atoms with Gasteiger partial charge in [0.25, 0.3) is 0 Å². The number of nitrogen functional groups attached to an aromatic ring is 1. The maximum absolute atomic E-state index is 7.32. The van der Waals surface area contributed by atoms with Crippen LogP contribution in [0.15, 0.2) is 39.7 Å². The highest BCUT2D eigenvalue weighted by Crippen LogP contribution is 2.20. The molecule has 0 radical (unpaired) electrons. The summed E-state index contributed by atoms with van der Waals surface area (Å²) in [5.41, 5.74) is 5.62. The SMILES string of the molecule is CC.N=C1C(=N)C(Br)=CC=C1Br.Nc1cnccn1. The molecule has 4 N–H and O–H groups in total. The van der Waals surface area contributed by atoms with E-state index in [0.29, 0.717) is 14.8 Å². The zero-order valence-electron chi connectivity index (χ0n) is 10.6. The summed E-state index contributed by atoms with van der Waals surface area (Å²) in [6.07, 6.45) is 8.11. The van der Waals surface area contributed by atoms with Gasteiger partial charge >= 0.3 is 0 Å². The molecule has 5 nitrogen and oxygen atoms in total. The normalized spacial score (nSPS) is 13.3. The number of aromatic nitrogens is 2. The summed E-state index contributed by atoms with van der Waals surface area (Å²) in [7, 11) is 0. The molecule has 0 bridgehead atoms. The van der Waals surface area contributed by atoms with Crippen molar-refractivity contribution < 1.29 is 0 Å². The number of hydrogen-bond donors (Lipinski definition) is 3. The van der Waals surface area contributed by atoms with Gasteiger partial charge in [-0.05, 0) is 44.0 Å². The molecule has 1 aromatic rings. The largest absolute Gasteiger partial charge is 0.382 e. The molecule has 7 heteroatoms. The van der Waals surface area contributed by atoms with Crippen molar-refractivity contribution in [3.8, 4) is 0 Å². The third-order valence-corrected chi connectivity index (χ3v) is 3.01. The molecule has 0 saturated carbocycles. The quantitative estimate of drug-likeness (QED) is 0.591. The van der Waals surface area contributed by atoms with E-state index in [1.165, 1.54) is 6.20 Å². The van der Waals surface area contributed by atoms with Crippen molar-refractivity contribution in [3.05, 3.63) is 39.7 Å². The summed E-state index contributed by atoms with van der Waals surface area (Å²) in [6.45, 7) is 4.00. The number of halogens is 2. The van der Waals surface area contributed by atoms with Gasteiger partial charge in [-0.1, -0.05) is 13.8 Å². The summed E-state index contributed by atoms with van der Waals surface area (Å²) >= 11 is 6.30. The van der Waals surface area contributed by atoms with E-state index in [1.807, 2.05) is 13.8 Å². The minimum atomic E-state index is 0.217. The second kappa shape index (κ2) is 9.57. The first-order chi connectivity index (χ1) is 9.02. The lowest BCUT2D eigenvalue weighted by atomic mass is 10.1. The Bertz CT molecular complexity index is 458. The fourth-order valence-electron chi connectivity index (χ4n) is 0.862. The van der Waals surface area contributed by atoms with Gasteiger partial charge in [-0.3, -0.25) is 15.8 Å². The van der Waals surface area contributed by atoms with E-state index in [4.69, 9.17) is 16.6 Å². The minimum absolute atomic E-state index is 0.217. The Labute approximate surface area is 129 Å². The van der Waals surface area contributed by atoms with Gasteiger partial charge < -0.3 is 5.73 Å². The molecule has 2 rings (SSSR count). The van der Waals surface area contributed by atoms with Crippen molar-refractivity contribution in [2.24, 2.45) is 0 Å². The van der Waals surface area contributed by atoms with Crippen LogP contribution in [0.3, 0.4) is 0 Å². The molecule has 1 aliphatic rings. The number of hydrogen-bond acceptors (Lipinski definition) is 5. The Hall–Kier alpha value is -1.34. The van der Waals surface area contributed by atoms with E-state index in [0.717, 1.165) is 0 Å². The fourth-order valence-corrected chi connectivity index (χ4v) is 1.52. The van der Waals surface area contributed by atoms with E-state index >= 15 is 0 Å². The number of rotatable bonds is 0. The molecule has 0 atom stereocenters. The molecule has 0 aromatic carbocycles. The van der Waals surface area contributed by atoms with Crippen LogP contribution >= 0.6 is 31.9 Å². The van der Waals surface area contributed by atoms with E-state index in [-0.39, 0.29) is 11.4 Å². The van der Waals surface area contributed by atoms with E-state index in [1.54, 1.807) is 24.5 Å². The van der Waals surface area contributed by atoms with Gasteiger partial charge in [-0.2, -0.15) is 0 Å². The molecule has 0 aliphatic heterocycles. The van der Waals surface area contributed by atoms with Crippen molar-refractivity contribution >= 4 is 49.1 Å². The zero-order valence-corrected chi connectivity index (χ0v) is 13.8. The average molecular weight is 389 g/mol. The van der Waals surface area contributed by atoms with Crippen LogP contribution in [0.4, 0.5) is 5.82 Å². The molecule has 1 aromatic heterocycles. The van der Waals surface area contributed by atoms with Crippen molar-refractivity contribution in [2.75, 3.05) is 5.73 Å². The van der Waals surface area contributed by atoms with Crippen molar-refractivity contribution in [2.45, 2.75) is 13.8 Å². The molecule has 19 heavy (non-hydrogen) atoms. The summed E-state index contributed by atoms with van der Waals surface area (Å²) < 4.78 is 1.31. The summed E-state index contributed by atoms with van der Waals surface area (Å²) in [4.78, 5) is 7.39. The molecular weight excluding hydrogens is 374 g/mol. The standard InChI is InChI=1S/C6H4Br2N2.C4H5N3.C2H6/c7-3-1-2-4(8)6(10)5(3)9;5-4-3-6-1-2-7-4;1-2/h1-2,9-10H;1-3H,(H2,5,7);1-2H3. The van der Waals surface area contributed by atoms with E-state index in [9.17, 15) is 0 Å². The predicted octanol–water partition coefficient (Wildman–Crippen LogP) is 3.68. The molecule has 0 spiro atoms. The zero-order chi connectivity index (χ0) is 14.8. The Morgan fingerprint density at radius 3 is 1.74 bits per heavy atom. The monoisotopic (exact) mass is 387 g/mol. The van der Waals surface area contributed by atoms with Gasteiger partial charge in [0, 0.05) is 21.4 Å². The topological polar surface area (TPSA) is 99.5 Å². The highest BCUT2D eigenvalue weighted by molar-refractivity contribution is 9.12. The summed E-state index contributed by atoms with van der Waals surface area (Å²) in [5.74, 6) is 0.461. The van der Waals surface area contributed by atoms with Crippen molar-refractivity contribution in [1.29, 1.82) is 10.8 Å². The molecule has 102 valence electrons. The maximum Gasteiger partial charge on any atom is 0.141 e. The lowest BCUT2D eigenvalue weighted by Gasteiger charge is -2.07. The highest BCUT2D eigenvalue weighted by atomic mass is 79.9. The van der Waals surface area contributed by atoms with Crippen LogP contribution in [0.1, 0.15) is 13.8 Å². The molecular formula is C12H15Br2N5. The second-order valence-electron chi connectivity index (χ2n) is 2.91. The van der Waals surface area contributed by atoms with Gasteiger partial charge in [0.05, 0.1) is 17.6 Å². The predicted molar refractivity (Wildman–Crippen MR) is 87.3 cm³/mol. The molecule has 1 aliphatic carbocycles. The third-order valence-electron chi connectivity index (χ3n) is 1.69. The van der Waals surface area contributed by atoms with Gasteiger partial charge in [-0.25, -0.2) is 4.98 Å². The number of nitrogens with two attached hydrogens (primary N) is 1. The first-order valence-electron chi connectivity index (χ1n) is 5.45. The Balaban J connectivity index is 0.000000316. The molecule has 0 fully saturated rings. The lowest BCUT2D eigenvalue weighted by molar-refractivity contribution is 1.21. The van der Waals surface area contributed by atoms with Crippen LogP contribution in [0.25, 0.3) is 0 Å². The molecule has 0 unspecified atom stereocenters. The van der Waals surface area contributed by atoms with Gasteiger partial charge in [0.1, 0.15) is 5.82 Å². The third kappa shape index (κ3) is 6.40. The first kappa shape index (κ1) is 17.7. The average Bonchev–Trinajstić information content (AvgIpc) is 2.45. The van der Waals surface area contributed by atoms with Gasteiger partial charge in [-0.15, -0.1) is 0 Å². The van der Waals surface area contributed by atoms with Crippen LogP contribution in [-0.4, -0.2) is 21.4 Å². The highest BCUT2D eigenvalue weighted by Gasteiger charge is 2.14.